The highest BCUT2D eigenvalue weighted by Gasteiger charge is 2.35. The van der Waals surface area contributed by atoms with Crippen molar-refractivity contribution in [2.75, 3.05) is 18.6 Å². The fourth-order valence-electron chi connectivity index (χ4n) is 1.50. The van der Waals surface area contributed by atoms with E-state index in [0.29, 0.717) is 0 Å². The van der Waals surface area contributed by atoms with Crippen LogP contribution in [0.25, 0.3) is 0 Å². The van der Waals surface area contributed by atoms with Gasteiger partial charge in [-0.2, -0.15) is 0 Å². The van der Waals surface area contributed by atoms with Crippen LogP contribution in [-0.4, -0.2) is 25.2 Å². The van der Waals surface area contributed by atoms with Crippen molar-refractivity contribution in [1.82, 2.24) is 0 Å². The molecule has 0 aliphatic heterocycles. The number of carbonyl (C=O) groups excluding carboxylic acids is 1. The summed E-state index contributed by atoms with van der Waals surface area (Å²) in [4.78, 5) is 13.2. The quantitative estimate of drug-likeness (QED) is 0.777. The molecule has 1 aromatic carbocycles. The number of hydrogen-bond acceptors (Lipinski definition) is 3. The largest absolute Gasteiger partial charge is 0.464 e. The topological polar surface area (TPSA) is 29.5 Å². The number of esters is 1. The monoisotopic (exact) mass is 257 g/mol. The van der Waals surface area contributed by atoms with E-state index in [9.17, 15) is 13.6 Å². The number of nitrogens with zero attached hydrogens (tertiary/aromatic N) is 1. The second-order valence-electron chi connectivity index (χ2n) is 4.43. The maximum atomic E-state index is 13.6. The Labute approximate surface area is 105 Å². The Balaban J connectivity index is 3.05. The first-order valence-corrected chi connectivity index (χ1v) is 5.66. The summed E-state index contributed by atoms with van der Waals surface area (Å²) >= 11 is 0. The molecule has 1 aromatic rings. The molecule has 0 fully saturated rings. The van der Waals surface area contributed by atoms with E-state index in [4.69, 9.17) is 4.74 Å². The molecule has 0 heterocycles. The molecular weight excluding hydrogens is 240 g/mol. The first kappa shape index (κ1) is 14.4. The number of benzene rings is 1. The molecule has 3 nitrogen and oxygen atoms in total. The predicted octanol–water partition coefficient (Wildman–Crippen LogP) is 2.74. The van der Waals surface area contributed by atoms with Gasteiger partial charge in [0, 0.05) is 13.1 Å². The second-order valence-corrected chi connectivity index (χ2v) is 4.43. The Morgan fingerprint density at radius 2 is 2.00 bits per heavy atom. The van der Waals surface area contributed by atoms with Gasteiger partial charge in [-0.05, 0) is 32.9 Å². The number of carbonyl (C=O) groups is 1. The molecule has 100 valence electrons. The molecule has 0 saturated heterocycles. The maximum absolute atomic E-state index is 13.6. The molecule has 0 spiro atoms. The van der Waals surface area contributed by atoms with Gasteiger partial charge in [-0.1, -0.05) is 0 Å². The van der Waals surface area contributed by atoms with Crippen LogP contribution in [-0.2, 0) is 9.53 Å². The van der Waals surface area contributed by atoms with Gasteiger partial charge in [0.2, 0.25) is 0 Å². The number of likely N-dealkylation sites (N-methyl/N-ethyl adjacent to an activating group) is 1. The van der Waals surface area contributed by atoms with Gasteiger partial charge >= 0.3 is 5.97 Å². The Morgan fingerprint density at radius 1 is 1.39 bits per heavy atom. The maximum Gasteiger partial charge on any atom is 0.331 e. The van der Waals surface area contributed by atoms with Crippen molar-refractivity contribution < 1.29 is 18.3 Å². The minimum absolute atomic E-state index is 0.148. The zero-order valence-electron chi connectivity index (χ0n) is 11.0. The van der Waals surface area contributed by atoms with Gasteiger partial charge in [0.15, 0.2) is 0 Å². The standard InChI is InChI=1S/C13H17F2NO2/c1-5-18-12(17)13(2,3)16(4)11-7-6-9(14)8-10(11)15/h6-8H,5H2,1-4H3. The normalized spacial score (nSPS) is 11.2. The highest BCUT2D eigenvalue weighted by atomic mass is 19.1. The van der Waals surface area contributed by atoms with Crippen LogP contribution in [0, 0.1) is 11.6 Å². The summed E-state index contributed by atoms with van der Waals surface area (Å²) in [6.45, 7) is 5.19. The van der Waals surface area contributed by atoms with Crippen molar-refractivity contribution >= 4 is 11.7 Å². The van der Waals surface area contributed by atoms with E-state index < -0.39 is 23.1 Å². The molecule has 0 saturated carbocycles. The van der Waals surface area contributed by atoms with Crippen molar-refractivity contribution in [3.63, 3.8) is 0 Å². The molecule has 0 N–H and O–H groups in total. The molecule has 0 bridgehead atoms. The van der Waals surface area contributed by atoms with Crippen molar-refractivity contribution in [2.45, 2.75) is 26.3 Å². The second kappa shape index (κ2) is 5.33. The van der Waals surface area contributed by atoms with Crippen LogP contribution >= 0.6 is 0 Å². The highest BCUT2D eigenvalue weighted by Crippen LogP contribution is 2.26. The van der Waals surface area contributed by atoms with Gasteiger partial charge in [0.05, 0.1) is 12.3 Å². The third-order valence-electron chi connectivity index (χ3n) is 2.88. The van der Waals surface area contributed by atoms with Gasteiger partial charge < -0.3 is 9.64 Å². The molecule has 1 rings (SSSR count). The van der Waals surface area contributed by atoms with Gasteiger partial charge in [-0.25, -0.2) is 13.6 Å². The minimum Gasteiger partial charge on any atom is -0.464 e. The summed E-state index contributed by atoms with van der Waals surface area (Å²) in [7, 11) is 1.56. The lowest BCUT2D eigenvalue weighted by atomic mass is 10.0. The van der Waals surface area contributed by atoms with Crippen molar-refractivity contribution in [2.24, 2.45) is 0 Å². The summed E-state index contributed by atoms with van der Waals surface area (Å²) in [5, 5.41) is 0. The summed E-state index contributed by atoms with van der Waals surface area (Å²) < 4.78 is 31.4. The van der Waals surface area contributed by atoms with E-state index in [-0.39, 0.29) is 12.3 Å². The van der Waals surface area contributed by atoms with Crippen LogP contribution < -0.4 is 4.90 Å². The lowest BCUT2D eigenvalue weighted by Crippen LogP contribution is -2.49. The van der Waals surface area contributed by atoms with Gasteiger partial charge in [-0.3, -0.25) is 0 Å². The summed E-state index contributed by atoms with van der Waals surface area (Å²) in [6, 6.07) is 3.23. The first-order valence-electron chi connectivity index (χ1n) is 5.66. The lowest BCUT2D eigenvalue weighted by Gasteiger charge is -2.35. The van der Waals surface area contributed by atoms with Crippen LogP contribution in [0.2, 0.25) is 0 Å². The smallest absolute Gasteiger partial charge is 0.331 e. The SMILES string of the molecule is CCOC(=O)C(C)(C)N(C)c1ccc(F)cc1F. The fourth-order valence-corrected chi connectivity index (χ4v) is 1.50. The predicted molar refractivity (Wildman–Crippen MR) is 65.5 cm³/mol. The Hall–Kier alpha value is -1.65. The molecule has 5 heteroatoms. The molecule has 0 radical (unpaired) electrons. The number of rotatable bonds is 4. The summed E-state index contributed by atoms with van der Waals surface area (Å²) in [5.41, 5.74) is -0.885. The number of ether oxygens (including phenoxy) is 1. The molecule has 0 aliphatic carbocycles. The molecule has 0 aromatic heterocycles. The molecule has 0 amide bonds. The van der Waals surface area contributed by atoms with Crippen LogP contribution in [0.4, 0.5) is 14.5 Å². The van der Waals surface area contributed by atoms with Gasteiger partial charge in [0.25, 0.3) is 0 Å². The van der Waals surface area contributed by atoms with Crippen LogP contribution in [0.5, 0.6) is 0 Å². The number of anilines is 1. The average molecular weight is 257 g/mol. The Kier molecular flexibility index (Phi) is 4.27. The fraction of sp³-hybridized carbons (Fsp3) is 0.462. The first-order chi connectivity index (χ1) is 8.30. The van der Waals surface area contributed by atoms with Gasteiger partial charge in [0.1, 0.15) is 17.2 Å². The zero-order valence-corrected chi connectivity index (χ0v) is 11.0. The van der Waals surface area contributed by atoms with E-state index in [2.05, 4.69) is 0 Å². The van der Waals surface area contributed by atoms with Gasteiger partial charge in [-0.15, -0.1) is 0 Å². The van der Waals surface area contributed by atoms with Crippen LogP contribution in [0.15, 0.2) is 18.2 Å². The van der Waals surface area contributed by atoms with Crippen LogP contribution in [0.3, 0.4) is 0 Å². The lowest BCUT2D eigenvalue weighted by molar-refractivity contribution is -0.148. The Bertz CT molecular complexity index is 447. The molecule has 0 aliphatic rings. The molecule has 0 atom stereocenters. The van der Waals surface area contributed by atoms with E-state index in [1.807, 2.05) is 0 Å². The minimum atomic E-state index is -1.03. The Morgan fingerprint density at radius 3 is 2.50 bits per heavy atom. The number of hydrogen-bond donors (Lipinski definition) is 0. The van der Waals surface area contributed by atoms with E-state index >= 15 is 0 Å². The zero-order chi connectivity index (χ0) is 13.9. The summed E-state index contributed by atoms with van der Waals surface area (Å²) in [5.74, 6) is -1.83. The van der Waals surface area contributed by atoms with Crippen molar-refractivity contribution in [1.29, 1.82) is 0 Å². The molecule has 0 unspecified atom stereocenters. The van der Waals surface area contributed by atoms with E-state index in [0.717, 1.165) is 12.1 Å². The highest BCUT2D eigenvalue weighted by molar-refractivity contribution is 5.84. The van der Waals surface area contributed by atoms with Crippen molar-refractivity contribution in [3.8, 4) is 0 Å². The molecule has 18 heavy (non-hydrogen) atoms. The third kappa shape index (κ3) is 2.78. The van der Waals surface area contributed by atoms with Crippen molar-refractivity contribution in [3.05, 3.63) is 29.8 Å². The van der Waals surface area contributed by atoms with Crippen LogP contribution in [0.1, 0.15) is 20.8 Å². The third-order valence-corrected chi connectivity index (χ3v) is 2.88. The average Bonchev–Trinajstić information content (AvgIpc) is 2.28. The number of halogens is 2. The molecular formula is C13H17F2NO2. The van der Waals surface area contributed by atoms with E-state index in [1.165, 1.54) is 11.0 Å². The van der Waals surface area contributed by atoms with E-state index in [1.54, 1.807) is 27.8 Å². The summed E-state index contributed by atoms with van der Waals surface area (Å²) in [6.07, 6.45) is 0.